The van der Waals surface area contributed by atoms with Gasteiger partial charge in [-0.25, -0.2) is 9.69 Å². The van der Waals surface area contributed by atoms with Gasteiger partial charge in [0, 0.05) is 11.3 Å². The fourth-order valence-corrected chi connectivity index (χ4v) is 3.58. The number of benzene rings is 2. The fourth-order valence-electron chi connectivity index (χ4n) is 2.53. The molecular weight excluding hydrogens is 326 g/mol. The lowest BCUT2D eigenvalue weighted by Gasteiger charge is -2.15. The van der Waals surface area contributed by atoms with Crippen LogP contribution in [0, 0.1) is 6.92 Å². The van der Waals surface area contributed by atoms with Crippen LogP contribution in [0.15, 0.2) is 53.4 Å². The molecule has 1 saturated heterocycles. The smallest absolute Gasteiger partial charge is 0.335 e. The Hall–Kier alpha value is -2.60. The molecule has 1 N–H and O–H groups in total. The van der Waals surface area contributed by atoms with Gasteiger partial charge in [0.15, 0.2) is 0 Å². The third-order valence-electron chi connectivity index (χ3n) is 3.76. The summed E-state index contributed by atoms with van der Waals surface area (Å²) in [4.78, 5) is 37.9. The van der Waals surface area contributed by atoms with Crippen LogP contribution in [0.25, 0.3) is 0 Å². The summed E-state index contributed by atoms with van der Waals surface area (Å²) in [6, 6.07) is 13.6. The minimum atomic E-state index is -1.10. The van der Waals surface area contributed by atoms with Gasteiger partial charge in [-0.1, -0.05) is 23.8 Å². The van der Waals surface area contributed by atoms with Crippen molar-refractivity contribution in [1.29, 1.82) is 0 Å². The number of rotatable bonds is 4. The summed E-state index contributed by atoms with van der Waals surface area (Å²) in [6.07, 6.45) is 0.106. The fraction of sp³-hybridized carbons (Fsp3) is 0.167. The first kappa shape index (κ1) is 16.3. The van der Waals surface area contributed by atoms with E-state index >= 15 is 0 Å². The normalized spacial score (nSPS) is 17.4. The molecule has 1 heterocycles. The predicted molar refractivity (Wildman–Crippen MR) is 91.3 cm³/mol. The van der Waals surface area contributed by atoms with Gasteiger partial charge in [0.2, 0.25) is 11.8 Å². The number of nitrogens with zero attached hydrogens (tertiary/aromatic N) is 1. The molecule has 6 heteroatoms. The van der Waals surface area contributed by atoms with E-state index in [9.17, 15) is 14.4 Å². The van der Waals surface area contributed by atoms with Gasteiger partial charge in [0.05, 0.1) is 16.5 Å². The lowest BCUT2D eigenvalue weighted by Crippen LogP contribution is -2.31. The molecule has 122 valence electrons. The molecule has 24 heavy (non-hydrogen) atoms. The summed E-state index contributed by atoms with van der Waals surface area (Å²) in [5.74, 6) is -1.72. The van der Waals surface area contributed by atoms with E-state index in [-0.39, 0.29) is 23.8 Å². The van der Waals surface area contributed by atoms with E-state index in [0.29, 0.717) is 5.69 Å². The SMILES string of the molecule is Cc1ccc(S[C@@H]2CC(=O)N(c3cccc(C(=O)O)c3)C2=O)cc1. The Morgan fingerprint density at radius 3 is 2.54 bits per heavy atom. The van der Waals surface area contributed by atoms with Crippen LogP contribution in [0.5, 0.6) is 0 Å². The zero-order valence-corrected chi connectivity index (χ0v) is 13.7. The molecular formula is C18H15NO4S. The molecule has 0 radical (unpaired) electrons. The van der Waals surface area contributed by atoms with E-state index in [4.69, 9.17) is 5.11 Å². The zero-order chi connectivity index (χ0) is 17.3. The first-order valence-corrected chi connectivity index (χ1v) is 8.27. The van der Waals surface area contributed by atoms with Gasteiger partial charge in [-0.05, 0) is 37.3 Å². The van der Waals surface area contributed by atoms with Gasteiger partial charge in [-0.3, -0.25) is 9.59 Å². The highest BCUT2D eigenvalue weighted by Gasteiger charge is 2.40. The van der Waals surface area contributed by atoms with Crippen LogP contribution in [-0.4, -0.2) is 28.1 Å². The Morgan fingerprint density at radius 2 is 1.88 bits per heavy atom. The second kappa shape index (κ2) is 6.49. The third-order valence-corrected chi connectivity index (χ3v) is 4.95. The molecule has 2 amide bonds. The largest absolute Gasteiger partial charge is 0.478 e. The zero-order valence-electron chi connectivity index (χ0n) is 12.9. The molecule has 5 nitrogen and oxygen atoms in total. The van der Waals surface area contributed by atoms with Crippen LogP contribution >= 0.6 is 11.8 Å². The summed E-state index contributed by atoms with van der Waals surface area (Å²) < 4.78 is 0. The average molecular weight is 341 g/mol. The minimum absolute atomic E-state index is 0.0442. The maximum atomic E-state index is 12.6. The van der Waals surface area contributed by atoms with Crippen LogP contribution in [0.4, 0.5) is 5.69 Å². The van der Waals surface area contributed by atoms with Gasteiger partial charge in [-0.15, -0.1) is 11.8 Å². The van der Waals surface area contributed by atoms with E-state index in [1.54, 1.807) is 6.07 Å². The summed E-state index contributed by atoms with van der Waals surface area (Å²) in [5, 5.41) is 8.57. The molecule has 2 aromatic carbocycles. The topological polar surface area (TPSA) is 74.7 Å². The van der Waals surface area contributed by atoms with Crippen molar-refractivity contribution in [2.24, 2.45) is 0 Å². The van der Waals surface area contributed by atoms with Crippen LogP contribution in [-0.2, 0) is 9.59 Å². The number of hydrogen-bond donors (Lipinski definition) is 1. The maximum Gasteiger partial charge on any atom is 0.335 e. The van der Waals surface area contributed by atoms with Crippen LogP contribution in [0.3, 0.4) is 0 Å². The first-order chi connectivity index (χ1) is 11.5. The number of carboxylic acid groups (broad SMARTS) is 1. The number of aromatic carboxylic acids is 1. The van der Waals surface area contributed by atoms with Crippen molar-refractivity contribution in [3.8, 4) is 0 Å². The molecule has 0 aliphatic carbocycles. The summed E-state index contributed by atoms with van der Waals surface area (Å²) in [5.41, 5.74) is 1.47. The van der Waals surface area contributed by atoms with Crippen LogP contribution in [0.2, 0.25) is 0 Å². The minimum Gasteiger partial charge on any atom is -0.478 e. The van der Waals surface area contributed by atoms with Crippen molar-refractivity contribution in [2.45, 2.75) is 23.5 Å². The van der Waals surface area contributed by atoms with Gasteiger partial charge in [-0.2, -0.15) is 0 Å². The predicted octanol–water partition coefficient (Wildman–Crippen LogP) is 3.12. The van der Waals surface area contributed by atoms with Crippen LogP contribution in [0.1, 0.15) is 22.3 Å². The number of aryl methyl sites for hydroxylation is 1. The van der Waals surface area contributed by atoms with E-state index in [0.717, 1.165) is 15.4 Å². The van der Waals surface area contributed by atoms with Gasteiger partial charge in [0.25, 0.3) is 0 Å². The number of anilines is 1. The van der Waals surface area contributed by atoms with E-state index in [1.807, 2.05) is 31.2 Å². The number of carbonyl (C=O) groups excluding carboxylic acids is 2. The molecule has 1 aliphatic rings. The Kier molecular flexibility index (Phi) is 4.40. The number of amides is 2. The molecule has 3 rings (SSSR count). The standard InChI is InChI=1S/C18H15NO4S/c1-11-5-7-14(8-6-11)24-15-10-16(20)19(17(15)21)13-4-2-3-12(9-13)18(22)23/h2-9,15H,10H2,1H3,(H,22,23)/t15-/m1/s1. The number of thioether (sulfide) groups is 1. The Balaban J connectivity index is 1.82. The number of carbonyl (C=O) groups is 3. The molecule has 0 spiro atoms. The second-order valence-electron chi connectivity index (χ2n) is 5.55. The van der Waals surface area contributed by atoms with Crippen molar-refractivity contribution >= 4 is 35.2 Å². The van der Waals surface area contributed by atoms with Crippen molar-refractivity contribution in [1.82, 2.24) is 0 Å². The second-order valence-corrected chi connectivity index (χ2v) is 6.82. The molecule has 2 aromatic rings. The van der Waals surface area contributed by atoms with Crippen molar-refractivity contribution in [3.63, 3.8) is 0 Å². The first-order valence-electron chi connectivity index (χ1n) is 7.39. The van der Waals surface area contributed by atoms with E-state index in [2.05, 4.69) is 0 Å². The molecule has 1 aliphatic heterocycles. The lowest BCUT2D eigenvalue weighted by atomic mass is 10.2. The molecule has 0 unspecified atom stereocenters. The maximum absolute atomic E-state index is 12.6. The monoisotopic (exact) mass is 341 g/mol. The van der Waals surface area contributed by atoms with Crippen molar-refractivity contribution in [2.75, 3.05) is 4.90 Å². The number of carboxylic acids is 1. The van der Waals surface area contributed by atoms with E-state index < -0.39 is 11.2 Å². The van der Waals surface area contributed by atoms with Gasteiger partial charge >= 0.3 is 5.97 Å². The molecule has 0 bridgehead atoms. The van der Waals surface area contributed by atoms with Crippen LogP contribution < -0.4 is 4.90 Å². The van der Waals surface area contributed by atoms with Crippen molar-refractivity contribution < 1.29 is 19.5 Å². The Bertz CT molecular complexity index is 816. The average Bonchev–Trinajstić information content (AvgIpc) is 2.83. The Morgan fingerprint density at radius 1 is 1.17 bits per heavy atom. The third kappa shape index (κ3) is 3.19. The Labute approximate surface area is 143 Å². The molecule has 0 aromatic heterocycles. The lowest BCUT2D eigenvalue weighted by molar-refractivity contribution is -0.121. The molecule has 1 atom stereocenters. The quantitative estimate of drug-likeness (QED) is 0.865. The highest BCUT2D eigenvalue weighted by molar-refractivity contribution is 8.00. The van der Waals surface area contributed by atoms with Gasteiger partial charge < -0.3 is 5.11 Å². The summed E-state index contributed by atoms with van der Waals surface area (Å²) >= 11 is 1.35. The van der Waals surface area contributed by atoms with Crippen molar-refractivity contribution in [3.05, 3.63) is 59.7 Å². The summed E-state index contributed by atoms with van der Waals surface area (Å²) in [7, 11) is 0. The summed E-state index contributed by atoms with van der Waals surface area (Å²) in [6.45, 7) is 1.98. The highest BCUT2D eigenvalue weighted by atomic mass is 32.2. The van der Waals surface area contributed by atoms with E-state index in [1.165, 1.54) is 30.0 Å². The number of hydrogen-bond acceptors (Lipinski definition) is 4. The number of imide groups is 1. The molecule has 1 fully saturated rings. The highest BCUT2D eigenvalue weighted by Crippen LogP contribution is 2.34. The van der Waals surface area contributed by atoms with Gasteiger partial charge in [0.1, 0.15) is 0 Å². The molecule has 0 saturated carbocycles.